The van der Waals surface area contributed by atoms with E-state index in [9.17, 15) is 15.0 Å². The molecule has 0 radical (unpaired) electrons. The second-order valence-corrected chi connectivity index (χ2v) is 5.27. The summed E-state index contributed by atoms with van der Waals surface area (Å²) < 4.78 is 11.2. The average Bonchev–Trinajstić information content (AvgIpc) is 2.83. The van der Waals surface area contributed by atoms with Crippen molar-refractivity contribution in [2.45, 2.75) is 25.9 Å². The van der Waals surface area contributed by atoms with E-state index in [4.69, 9.17) is 9.47 Å². The van der Waals surface area contributed by atoms with Crippen LogP contribution in [0.4, 0.5) is 0 Å². The maximum Gasteiger partial charge on any atom is 0.309 e. The Labute approximate surface area is 119 Å². The van der Waals surface area contributed by atoms with Gasteiger partial charge in [-0.3, -0.25) is 4.79 Å². The summed E-state index contributed by atoms with van der Waals surface area (Å²) in [7, 11) is 0. The van der Waals surface area contributed by atoms with Crippen molar-refractivity contribution in [2.75, 3.05) is 6.79 Å². The fourth-order valence-electron chi connectivity index (χ4n) is 2.12. The van der Waals surface area contributed by atoms with Crippen molar-refractivity contribution in [3.63, 3.8) is 0 Å². The minimum Gasteiger partial charge on any atom is -0.481 e. The molecule has 0 amide bonds. The van der Waals surface area contributed by atoms with E-state index < -0.39 is 18.0 Å². The highest BCUT2D eigenvalue weighted by Gasteiger charge is 2.29. The minimum atomic E-state index is -1.07. The molecule has 1 aromatic carbocycles. The van der Waals surface area contributed by atoms with E-state index in [1.807, 2.05) is 6.92 Å². The molecule has 0 spiro atoms. The van der Waals surface area contributed by atoms with Crippen LogP contribution in [0, 0.1) is 5.92 Å². The number of hydrogen-bond donors (Lipinski definition) is 2. The lowest BCUT2D eigenvalue weighted by Gasteiger charge is -2.19. The smallest absolute Gasteiger partial charge is 0.309 e. The number of carboxylic acid groups (broad SMARTS) is 1. The van der Waals surface area contributed by atoms with E-state index in [1.54, 1.807) is 12.1 Å². The Morgan fingerprint density at radius 1 is 1.47 bits per heavy atom. The van der Waals surface area contributed by atoms with Crippen molar-refractivity contribution >= 4 is 21.9 Å². The molecule has 2 atom stereocenters. The molecule has 6 heteroatoms. The first kappa shape index (κ1) is 14.1. The molecule has 19 heavy (non-hydrogen) atoms. The van der Waals surface area contributed by atoms with Crippen molar-refractivity contribution in [1.82, 2.24) is 0 Å². The molecule has 0 bridgehead atoms. The second kappa shape index (κ2) is 5.79. The molecular formula is C13H15BrO5. The number of rotatable bonds is 5. The lowest BCUT2D eigenvalue weighted by atomic mass is 9.92. The third-order valence-electron chi connectivity index (χ3n) is 3.09. The molecule has 0 saturated carbocycles. The van der Waals surface area contributed by atoms with E-state index in [1.165, 1.54) is 0 Å². The third kappa shape index (κ3) is 2.84. The molecular weight excluding hydrogens is 316 g/mol. The maximum atomic E-state index is 11.2. The van der Waals surface area contributed by atoms with Gasteiger partial charge in [-0.2, -0.15) is 0 Å². The Morgan fingerprint density at radius 3 is 2.84 bits per heavy atom. The van der Waals surface area contributed by atoms with Crippen LogP contribution in [0.5, 0.6) is 11.5 Å². The zero-order valence-electron chi connectivity index (χ0n) is 10.4. The van der Waals surface area contributed by atoms with Gasteiger partial charge in [-0.1, -0.05) is 13.3 Å². The van der Waals surface area contributed by atoms with Gasteiger partial charge in [-0.05, 0) is 40.0 Å². The number of carbonyl (C=O) groups is 1. The van der Waals surface area contributed by atoms with Crippen LogP contribution in [0.3, 0.4) is 0 Å². The Bertz CT molecular complexity index is 488. The van der Waals surface area contributed by atoms with Crippen molar-refractivity contribution in [3.05, 3.63) is 22.2 Å². The van der Waals surface area contributed by atoms with Gasteiger partial charge in [0.2, 0.25) is 6.79 Å². The molecule has 1 aromatic rings. The normalized spacial score (nSPS) is 16.2. The van der Waals surface area contributed by atoms with Gasteiger partial charge in [0.15, 0.2) is 11.5 Å². The van der Waals surface area contributed by atoms with Gasteiger partial charge in [0.25, 0.3) is 0 Å². The first-order valence-electron chi connectivity index (χ1n) is 6.04. The highest BCUT2D eigenvalue weighted by atomic mass is 79.9. The number of carboxylic acids is 1. The molecule has 1 aliphatic heterocycles. The molecule has 0 saturated heterocycles. The molecule has 1 aliphatic rings. The molecule has 2 rings (SSSR count). The van der Waals surface area contributed by atoms with Gasteiger partial charge >= 0.3 is 5.97 Å². The Balaban J connectivity index is 2.30. The van der Waals surface area contributed by atoms with E-state index >= 15 is 0 Å². The average molecular weight is 331 g/mol. The maximum absolute atomic E-state index is 11.2. The molecule has 2 unspecified atom stereocenters. The lowest BCUT2D eigenvalue weighted by Crippen LogP contribution is -2.21. The molecule has 104 valence electrons. The standard InChI is InChI=1S/C13H15BrO5/c1-2-3-8(13(16)17)11(15)7-4-9(14)12-10(5-7)18-6-19-12/h4-5,8,11,15H,2-3,6H2,1H3,(H,16,17). The van der Waals surface area contributed by atoms with Crippen LogP contribution < -0.4 is 9.47 Å². The predicted octanol–water partition coefficient (Wildman–Crippen LogP) is 2.71. The zero-order chi connectivity index (χ0) is 14.0. The van der Waals surface area contributed by atoms with Crippen LogP contribution in [-0.4, -0.2) is 23.0 Å². The molecule has 1 heterocycles. The Kier molecular flexibility index (Phi) is 4.31. The van der Waals surface area contributed by atoms with Gasteiger partial charge in [0, 0.05) is 0 Å². The number of aliphatic carboxylic acids is 1. The van der Waals surface area contributed by atoms with Gasteiger partial charge in [0.1, 0.15) is 0 Å². The summed E-state index contributed by atoms with van der Waals surface area (Å²) in [5, 5.41) is 19.4. The summed E-state index contributed by atoms with van der Waals surface area (Å²) in [6, 6.07) is 3.30. The SMILES string of the molecule is CCCC(C(=O)O)C(O)c1cc(Br)c2c(c1)OCO2. The molecule has 0 fully saturated rings. The number of benzene rings is 1. The van der Waals surface area contributed by atoms with Crippen molar-refractivity contribution in [3.8, 4) is 11.5 Å². The van der Waals surface area contributed by atoms with E-state index in [0.29, 0.717) is 34.4 Å². The summed E-state index contributed by atoms with van der Waals surface area (Å²) >= 11 is 3.33. The van der Waals surface area contributed by atoms with Gasteiger partial charge < -0.3 is 19.7 Å². The lowest BCUT2D eigenvalue weighted by molar-refractivity contribution is -0.146. The van der Waals surface area contributed by atoms with Crippen molar-refractivity contribution in [1.29, 1.82) is 0 Å². The summed E-state index contributed by atoms with van der Waals surface area (Å²) in [6.45, 7) is 2.02. The van der Waals surface area contributed by atoms with Gasteiger partial charge in [0.05, 0.1) is 16.5 Å². The third-order valence-corrected chi connectivity index (χ3v) is 3.68. The number of aliphatic hydroxyl groups excluding tert-OH is 1. The summed E-state index contributed by atoms with van der Waals surface area (Å²) in [5.74, 6) is -0.720. The zero-order valence-corrected chi connectivity index (χ0v) is 12.0. The number of fused-ring (bicyclic) bond motifs is 1. The monoisotopic (exact) mass is 330 g/mol. The minimum absolute atomic E-state index is 0.130. The first-order chi connectivity index (χ1) is 9.04. The van der Waals surface area contributed by atoms with E-state index in [0.717, 1.165) is 0 Å². The van der Waals surface area contributed by atoms with Crippen LogP contribution >= 0.6 is 15.9 Å². The van der Waals surface area contributed by atoms with Crippen LogP contribution in [0.15, 0.2) is 16.6 Å². The molecule has 5 nitrogen and oxygen atoms in total. The van der Waals surface area contributed by atoms with E-state index in [2.05, 4.69) is 15.9 Å². The van der Waals surface area contributed by atoms with Crippen LogP contribution in [0.25, 0.3) is 0 Å². The highest BCUT2D eigenvalue weighted by molar-refractivity contribution is 9.10. The highest BCUT2D eigenvalue weighted by Crippen LogP contribution is 2.42. The summed E-state index contributed by atoms with van der Waals surface area (Å²) in [5.41, 5.74) is 0.511. The number of aliphatic hydroxyl groups is 1. The Hall–Kier alpha value is -1.27. The number of halogens is 1. The number of hydrogen-bond acceptors (Lipinski definition) is 4. The van der Waals surface area contributed by atoms with Crippen LogP contribution in [0.1, 0.15) is 31.4 Å². The second-order valence-electron chi connectivity index (χ2n) is 4.41. The summed E-state index contributed by atoms with van der Waals surface area (Å²) in [4.78, 5) is 11.2. The number of ether oxygens (including phenoxy) is 2. The Morgan fingerprint density at radius 2 is 2.21 bits per heavy atom. The fourth-order valence-corrected chi connectivity index (χ4v) is 2.69. The molecule has 0 aromatic heterocycles. The van der Waals surface area contributed by atoms with Crippen molar-refractivity contribution in [2.24, 2.45) is 5.92 Å². The fraction of sp³-hybridized carbons (Fsp3) is 0.462. The first-order valence-corrected chi connectivity index (χ1v) is 6.83. The van der Waals surface area contributed by atoms with Crippen molar-refractivity contribution < 1.29 is 24.5 Å². The molecule has 0 aliphatic carbocycles. The molecule has 2 N–H and O–H groups in total. The van der Waals surface area contributed by atoms with Gasteiger partial charge in [-0.15, -0.1) is 0 Å². The van der Waals surface area contributed by atoms with E-state index in [-0.39, 0.29) is 6.79 Å². The van der Waals surface area contributed by atoms with Gasteiger partial charge in [-0.25, -0.2) is 0 Å². The summed E-state index contributed by atoms with van der Waals surface area (Å²) in [6.07, 6.45) is 0.0470. The van der Waals surface area contributed by atoms with Crippen LogP contribution in [0.2, 0.25) is 0 Å². The van der Waals surface area contributed by atoms with Crippen LogP contribution in [-0.2, 0) is 4.79 Å². The topological polar surface area (TPSA) is 76.0 Å². The quantitative estimate of drug-likeness (QED) is 0.868. The largest absolute Gasteiger partial charge is 0.481 e. The predicted molar refractivity (Wildman–Crippen MR) is 71.3 cm³/mol.